The molecule has 4 saturated carbocycles. The Morgan fingerprint density at radius 1 is 1.00 bits per heavy atom. The Morgan fingerprint density at radius 2 is 1.62 bits per heavy atom. The molecule has 0 unspecified atom stereocenters. The van der Waals surface area contributed by atoms with E-state index in [9.17, 15) is 22.8 Å². The van der Waals surface area contributed by atoms with Crippen LogP contribution in [0, 0.1) is 23.2 Å². The van der Waals surface area contributed by atoms with Crippen molar-refractivity contribution in [2.45, 2.75) is 43.4 Å². The van der Waals surface area contributed by atoms with Crippen LogP contribution in [-0.2, 0) is 14.9 Å². The number of hydrogen-bond acceptors (Lipinski definition) is 9. The average molecular weight is 527 g/mol. The van der Waals surface area contributed by atoms with Gasteiger partial charge in [0, 0.05) is 0 Å². The summed E-state index contributed by atoms with van der Waals surface area (Å²) in [4.78, 5) is 38.8. The summed E-state index contributed by atoms with van der Waals surface area (Å²) in [5.41, 5.74) is -0.570. The lowest BCUT2D eigenvalue weighted by atomic mass is 9.49. The summed E-state index contributed by atoms with van der Waals surface area (Å²) < 4.78 is 53.8. The van der Waals surface area contributed by atoms with E-state index >= 15 is 0 Å². The second-order valence-electron chi connectivity index (χ2n) is 10.8. The third-order valence-corrected chi connectivity index (χ3v) is 9.23. The van der Waals surface area contributed by atoms with E-state index in [-0.39, 0.29) is 50.4 Å². The SMILES string of the molecule is O=C(COc1ccc(S(=O)(=O)O)cc1)c1c2c3oc1c(OC(=O)C14CC5CC(CC(C5)C1)C4)c3OC2=O. The molecule has 1 aromatic carbocycles. The fourth-order valence-corrected chi connectivity index (χ4v) is 7.72. The summed E-state index contributed by atoms with van der Waals surface area (Å²) in [7, 11) is -4.36. The largest absolute Gasteiger partial charge is 0.485 e. The smallest absolute Gasteiger partial charge is 0.348 e. The molecule has 1 N–H and O–H groups in total. The first-order chi connectivity index (χ1) is 17.6. The number of rotatable bonds is 7. The highest BCUT2D eigenvalue weighted by atomic mass is 32.2. The van der Waals surface area contributed by atoms with Crippen molar-refractivity contribution in [2.24, 2.45) is 23.2 Å². The second kappa shape index (κ2) is 7.55. The van der Waals surface area contributed by atoms with E-state index in [1.807, 2.05) is 0 Å². The van der Waals surface area contributed by atoms with Crippen molar-refractivity contribution in [2.75, 3.05) is 6.61 Å². The molecule has 11 heteroatoms. The molecule has 8 rings (SSSR count). The summed E-state index contributed by atoms with van der Waals surface area (Å²) in [5.74, 6) is 0.0557. The summed E-state index contributed by atoms with van der Waals surface area (Å²) in [6.07, 6.45) is 5.89. The van der Waals surface area contributed by atoms with Gasteiger partial charge in [0.05, 0.1) is 15.9 Å². The Balaban J connectivity index is 1.14. The van der Waals surface area contributed by atoms with E-state index in [1.54, 1.807) is 0 Å². The Kier molecular flexibility index (Phi) is 4.64. The molecule has 4 fully saturated rings. The third-order valence-electron chi connectivity index (χ3n) is 8.36. The topological polar surface area (TPSA) is 146 Å². The van der Waals surface area contributed by atoms with Gasteiger partial charge in [-0.1, -0.05) is 0 Å². The normalized spacial score (nSPS) is 27.6. The molecule has 4 aliphatic carbocycles. The lowest BCUT2D eigenvalue weighted by Crippen LogP contribution is -2.51. The van der Waals surface area contributed by atoms with Crippen molar-refractivity contribution in [1.29, 1.82) is 0 Å². The first-order valence-electron chi connectivity index (χ1n) is 12.2. The number of esters is 2. The van der Waals surface area contributed by atoms with E-state index in [0.29, 0.717) is 17.8 Å². The molecule has 0 spiro atoms. The van der Waals surface area contributed by atoms with Gasteiger partial charge in [0.1, 0.15) is 11.3 Å². The molecule has 1 aliphatic heterocycles. The van der Waals surface area contributed by atoms with Crippen LogP contribution in [0.4, 0.5) is 0 Å². The molecule has 10 nitrogen and oxygen atoms in total. The van der Waals surface area contributed by atoms with Gasteiger partial charge in [0.2, 0.25) is 17.3 Å². The summed E-state index contributed by atoms with van der Waals surface area (Å²) in [6.45, 7) is -0.497. The minimum Gasteiger partial charge on any atom is -0.485 e. The van der Waals surface area contributed by atoms with Crippen LogP contribution in [-0.4, -0.2) is 37.3 Å². The van der Waals surface area contributed by atoms with Gasteiger partial charge in [0.25, 0.3) is 10.1 Å². The number of hydrogen-bond donors (Lipinski definition) is 1. The lowest BCUT2D eigenvalue weighted by molar-refractivity contribution is -0.161. The maximum absolute atomic E-state index is 13.5. The molecular formula is C26H22O10S. The van der Waals surface area contributed by atoms with Crippen LogP contribution < -0.4 is 14.2 Å². The highest BCUT2D eigenvalue weighted by Gasteiger charge is 2.56. The molecule has 0 atom stereocenters. The zero-order chi connectivity index (χ0) is 25.7. The zero-order valence-corrected chi connectivity index (χ0v) is 20.3. The maximum Gasteiger partial charge on any atom is 0.348 e. The molecule has 192 valence electrons. The predicted octanol–water partition coefficient (Wildman–Crippen LogP) is 4.03. The number of Topliss-reactive ketones (excluding diaryl/α,β-unsaturated/α-hetero) is 1. The van der Waals surface area contributed by atoms with E-state index in [1.165, 1.54) is 31.4 Å². The van der Waals surface area contributed by atoms with Crippen molar-refractivity contribution in [3.8, 4) is 17.2 Å². The Bertz CT molecular complexity index is 1540. The van der Waals surface area contributed by atoms with E-state index in [2.05, 4.69) is 0 Å². The number of ether oxygens (including phenoxy) is 3. The van der Waals surface area contributed by atoms with Crippen molar-refractivity contribution in [3.63, 3.8) is 0 Å². The Hall–Kier alpha value is -3.44. The van der Waals surface area contributed by atoms with Crippen LogP contribution in [0.5, 0.6) is 17.2 Å². The van der Waals surface area contributed by atoms with Gasteiger partial charge >= 0.3 is 11.9 Å². The fraction of sp³-hybridized carbons (Fsp3) is 0.423. The molecule has 5 aliphatic rings. The highest BCUT2D eigenvalue weighted by molar-refractivity contribution is 7.85. The number of ketones is 1. The number of carbonyl (C=O) groups excluding carboxylic acids is 3. The third kappa shape index (κ3) is 3.40. The summed E-state index contributed by atoms with van der Waals surface area (Å²) >= 11 is 0. The minimum absolute atomic E-state index is 0.0146. The van der Waals surface area contributed by atoms with Crippen LogP contribution in [0.25, 0.3) is 11.2 Å². The van der Waals surface area contributed by atoms with Gasteiger partial charge < -0.3 is 18.6 Å². The number of furan rings is 2. The van der Waals surface area contributed by atoms with Gasteiger partial charge in [-0.25, -0.2) is 4.79 Å². The zero-order valence-electron chi connectivity index (χ0n) is 19.5. The van der Waals surface area contributed by atoms with Gasteiger partial charge in [-0.3, -0.25) is 14.1 Å². The molecule has 0 amide bonds. The van der Waals surface area contributed by atoms with Crippen LogP contribution >= 0.6 is 0 Å². The van der Waals surface area contributed by atoms with Gasteiger partial charge in [-0.2, -0.15) is 8.42 Å². The van der Waals surface area contributed by atoms with Crippen molar-refractivity contribution >= 4 is 39.0 Å². The summed E-state index contributed by atoms with van der Waals surface area (Å²) in [6, 6.07) is 4.84. The summed E-state index contributed by atoms with van der Waals surface area (Å²) in [5, 5.41) is 0. The van der Waals surface area contributed by atoms with E-state index in [4.69, 9.17) is 23.2 Å². The molecule has 3 aromatic rings. The first kappa shape index (κ1) is 22.7. The number of benzene rings is 2. The highest BCUT2D eigenvalue weighted by Crippen LogP contribution is 2.61. The quantitative estimate of drug-likeness (QED) is 0.207. The van der Waals surface area contributed by atoms with E-state index in [0.717, 1.165) is 31.4 Å². The van der Waals surface area contributed by atoms with Crippen molar-refractivity contribution in [3.05, 3.63) is 35.4 Å². The molecule has 0 radical (unpaired) electrons. The molecule has 0 saturated heterocycles. The number of fused-ring (bicyclic) bond motifs is 1. The minimum atomic E-state index is -4.36. The average Bonchev–Trinajstić information content (AvgIpc) is 3.45. The van der Waals surface area contributed by atoms with Gasteiger partial charge in [0.15, 0.2) is 17.8 Å². The van der Waals surface area contributed by atoms with Crippen LogP contribution in [0.3, 0.4) is 0 Å². The predicted molar refractivity (Wildman–Crippen MR) is 125 cm³/mol. The standard InChI is InChI=1S/C26H22O10S/c27-17(11-33-15-1-3-16(4-2-15)37(30,31)32)18-19-21-22(35-24(19)28)23(20(18)34-21)36-25(29)26-8-12-5-13(9-26)7-14(6-12)10-26/h1-4,12-14H,5-11H2,(H,30,31,32). The van der Waals surface area contributed by atoms with Gasteiger partial charge in [-0.15, -0.1) is 0 Å². The molecular weight excluding hydrogens is 504 g/mol. The monoisotopic (exact) mass is 526 g/mol. The first-order valence-corrected chi connectivity index (χ1v) is 13.6. The van der Waals surface area contributed by atoms with Crippen molar-refractivity contribution in [1.82, 2.24) is 0 Å². The number of carbonyl (C=O) groups is 3. The van der Waals surface area contributed by atoms with Crippen LogP contribution in [0.2, 0.25) is 0 Å². The fourth-order valence-electron chi connectivity index (χ4n) is 7.24. The molecule has 6 bridgehead atoms. The van der Waals surface area contributed by atoms with Crippen LogP contribution in [0.1, 0.15) is 59.2 Å². The molecule has 37 heavy (non-hydrogen) atoms. The second-order valence-corrected chi connectivity index (χ2v) is 12.2. The molecule has 3 heterocycles. The van der Waals surface area contributed by atoms with E-state index < -0.39 is 33.9 Å². The van der Waals surface area contributed by atoms with Gasteiger partial charge in [-0.05, 0) is 80.5 Å². The molecule has 2 aromatic heterocycles. The maximum atomic E-state index is 13.5. The van der Waals surface area contributed by atoms with Crippen LogP contribution in [0.15, 0.2) is 33.6 Å². The van der Waals surface area contributed by atoms with Crippen molar-refractivity contribution < 1.29 is 46.0 Å². The lowest BCUT2D eigenvalue weighted by Gasteiger charge is -2.55. The Morgan fingerprint density at radius 3 is 2.22 bits per heavy atom. The Labute approximate surface area is 210 Å².